The van der Waals surface area contributed by atoms with Gasteiger partial charge in [-0.1, -0.05) is 44.0 Å². The summed E-state index contributed by atoms with van der Waals surface area (Å²) in [6.07, 6.45) is 3.16. The molecular weight excluding hydrogens is 248 g/mol. The summed E-state index contributed by atoms with van der Waals surface area (Å²) in [4.78, 5) is 11.5. The highest BCUT2D eigenvalue weighted by molar-refractivity contribution is 6.31. The van der Waals surface area contributed by atoms with Crippen LogP contribution >= 0.6 is 11.6 Å². The maximum atomic E-state index is 11.5. The van der Waals surface area contributed by atoms with Gasteiger partial charge in [0.25, 0.3) is 0 Å². The van der Waals surface area contributed by atoms with Crippen molar-refractivity contribution < 1.29 is 4.79 Å². The van der Waals surface area contributed by atoms with E-state index >= 15 is 0 Å². The summed E-state index contributed by atoms with van der Waals surface area (Å²) in [6.45, 7) is 4.05. The van der Waals surface area contributed by atoms with Gasteiger partial charge in [-0.2, -0.15) is 5.10 Å². The fraction of sp³-hybridized carbons (Fsp3) is 0.429. The predicted octanol–water partition coefficient (Wildman–Crippen LogP) is 3.76. The van der Waals surface area contributed by atoms with Crippen LogP contribution in [-0.2, 0) is 4.79 Å². The first kappa shape index (κ1) is 14.7. The average molecular weight is 267 g/mol. The Bertz CT molecular complexity index is 430. The number of carbonyl (C=O) groups excluding carboxylic acids is 1. The first-order valence-electron chi connectivity index (χ1n) is 6.28. The Kier molecular flexibility index (Phi) is 6.44. The zero-order valence-corrected chi connectivity index (χ0v) is 11.6. The van der Waals surface area contributed by atoms with Gasteiger partial charge in [0, 0.05) is 11.4 Å². The van der Waals surface area contributed by atoms with Crippen LogP contribution in [0.3, 0.4) is 0 Å². The molecule has 1 aromatic carbocycles. The molecule has 0 bridgehead atoms. The first-order valence-corrected chi connectivity index (χ1v) is 6.66. The SMILES string of the molecule is CCCCC(=O)N/N=C(\CC)c1cccc(Cl)c1. The highest BCUT2D eigenvalue weighted by Gasteiger charge is 2.03. The topological polar surface area (TPSA) is 41.5 Å². The minimum atomic E-state index is -0.0372. The van der Waals surface area contributed by atoms with E-state index < -0.39 is 0 Å². The van der Waals surface area contributed by atoms with E-state index in [0.29, 0.717) is 11.4 Å². The fourth-order valence-corrected chi connectivity index (χ4v) is 1.73. The van der Waals surface area contributed by atoms with Crippen molar-refractivity contribution in [2.45, 2.75) is 39.5 Å². The van der Waals surface area contributed by atoms with E-state index in [4.69, 9.17) is 11.6 Å². The lowest BCUT2D eigenvalue weighted by atomic mass is 10.1. The number of rotatable bonds is 6. The van der Waals surface area contributed by atoms with Gasteiger partial charge in [-0.05, 0) is 30.5 Å². The second kappa shape index (κ2) is 7.88. The van der Waals surface area contributed by atoms with Crippen LogP contribution in [0.5, 0.6) is 0 Å². The van der Waals surface area contributed by atoms with E-state index in [1.54, 1.807) is 0 Å². The van der Waals surface area contributed by atoms with Crippen LogP contribution in [0.25, 0.3) is 0 Å². The second-order valence-electron chi connectivity index (χ2n) is 4.06. The lowest BCUT2D eigenvalue weighted by Gasteiger charge is -2.05. The molecule has 0 radical (unpaired) electrons. The van der Waals surface area contributed by atoms with Crippen molar-refractivity contribution in [3.63, 3.8) is 0 Å². The summed E-state index contributed by atoms with van der Waals surface area (Å²) in [5.41, 5.74) is 4.37. The number of hydrogen-bond donors (Lipinski definition) is 1. The number of halogens is 1. The van der Waals surface area contributed by atoms with E-state index in [0.717, 1.165) is 30.5 Å². The highest BCUT2D eigenvalue weighted by atomic mass is 35.5. The lowest BCUT2D eigenvalue weighted by Crippen LogP contribution is -2.19. The zero-order valence-electron chi connectivity index (χ0n) is 10.9. The minimum Gasteiger partial charge on any atom is -0.273 e. The highest BCUT2D eigenvalue weighted by Crippen LogP contribution is 2.12. The van der Waals surface area contributed by atoms with Crippen molar-refractivity contribution in [3.05, 3.63) is 34.9 Å². The molecule has 3 nitrogen and oxygen atoms in total. The largest absolute Gasteiger partial charge is 0.273 e. The number of nitrogens with one attached hydrogen (secondary N) is 1. The average Bonchev–Trinajstić information content (AvgIpc) is 2.37. The van der Waals surface area contributed by atoms with Gasteiger partial charge >= 0.3 is 0 Å². The Morgan fingerprint density at radius 1 is 1.39 bits per heavy atom. The number of benzene rings is 1. The standard InChI is InChI=1S/C14H19ClN2O/c1-3-5-9-14(18)17-16-13(4-2)11-7-6-8-12(15)10-11/h6-8,10H,3-5,9H2,1-2H3,(H,17,18)/b16-13+. The summed E-state index contributed by atoms with van der Waals surface area (Å²) in [7, 11) is 0. The quantitative estimate of drug-likeness (QED) is 0.618. The van der Waals surface area contributed by atoms with Gasteiger partial charge in [0.2, 0.25) is 5.91 Å². The molecule has 0 aliphatic rings. The molecule has 0 saturated carbocycles. The van der Waals surface area contributed by atoms with Crippen LogP contribution < -0.4 is 5.43 Å². The van der Waals surface area contributed by atoms with Crippen LogP contribution in [0.2, 0.25) is 5.02 Å². The Morgan fingerprint density at radius 2 is 2.17 bits per heavy atom. The van der Waals surface area contributed by atoms with Gasteiger partial charge in [-0.25, -0.2) is 5.43 Å². The number of hydrazone groups is 1. The number of carbonyl (C=O) groups is 1. The summed E-state index contributed by atoms with van der Waals surface area (Å²) < 4.78 is 0. The van der Waals surface area contributed by atoms with E-state index in [2.05, 4.69) is 17.5 Å². The van der Waals surface area contributed by atoms with Gasteiger partial charge in [0.15, 0.2) is 0 Å². The van der Waals surface area contributed by atoms with Gasteiger partial charge in [-0.3, -0.25) is 4.79 Å². The van der Waals surface area contributed by atoms with Crippen LogP contribution in [0.4, 0.5) is 0 Å². The third kappa shape index (κ3) is 4.88. The van der Waals surface area contributed by atoms with E-state index in [1.807, 2.05) is 31.2 Å². The molecule has 0 saturated heterocycles. The molecule has 0 atom stereocenters. The van der Waals surface area contributed by atoms with E-state index in [-0.39, 0.29) is 5.91 Å². The molecule has 0 aliphatic heterocycles. The van der Waals surface area contributed by atoms with E-state index in [1.165, 1.54) is 0 Å². The summed E-state index contributed by atoms with van der Waals surface area (Å²) in [5, 5.41) is 4.84. The Hall–Kier alpha value is -1.35. The van der Waals surface area contributed by atoms with Crippen molar-refractivity contribution in [2.24, 2.45) is 5.10 Å². The maximum Gasteiger partial charge on any atom is 0.240 e. The van der Waals surface area contributed by atoms with Crippen LogP contribution in [0.15, 0.2) is 29.4 Å². The second-order valence-corrected chi connectivity index (χ2v) is 4.50. The molecule has 0 fully saturated rings. The van der Waals surface area contributed by atoms with Crippen molar-refractivity contribution in [1.29, 1.82) is 0 Å². The molecule has 0 spiro atoms. The molecule has 1 aromatic rings. The lowest BCUT2D eigenvalue weighted by molar-refractivity contribution is -0.121. The smallest absolute Gasteiger partial charge is 0.240 e. The molecule has 0 aliphatic carbocycles. The van der Waals surface area contributed by atoms with Gasteiger partial charge in [-0.15, -0.1) is 0 Å². The van der Waals surface area contributed by atoms with Crippen molar-refractivity contribution in [1.82, 2.24) is 5.43 Å². The first-order chi connectivity index (χ1) is 8.67. The van der Waals surface area contributed by atoms with Crippen LogP contribution in [0, 0.1) is 0 Å². The summed E-state index contributed by atoms with van der Waals surface area (Å²) in [5.74, 6) is -0.0372. The van der Waals surface area contributed by atoms with Gasteiger partial charge in [0.05, 0.1) is 5.71 Å². The van der Waals surface area contributed by atoms with Gasteiger partial charge < -0.3 is 0 Å². The fourth-order valence-electron chi connectivity index (χ4n) is 1.54. The molecule has 1 amide bonds. The summed E-state index contributed by atoms with van der Waals surface area (Å²) in [6, 6.07) is 7.48. The van der Waals surface area contributed by atoms with Gasteiger partial charge in [0.1, 0.15) is 0 Å². The molecule has 98 valence electrons. The third-order valence-electron chi connectivity index (χ3n) is 2.57. The third-order valence-corrected chi connectivity index (χ3v) is 2.80. The van der Waals surface area contributed by atoms with Crippen molar-refractivity contribution >= 4 is 23.2 Å². The van der Waals surface area contributed by atoms with Crippen LogP contribution in [-0.4, -0.2) is 11.6 Å². The summed E-state index contributed by atoms with van der Waals surface area (Å²) >= 11 is 5.93. The molecule has 1 rings (SSSR count). The van der Waals surface area contributed by atoms with Crippen molar-refractivity contribution in [2.75, 3.05) is 0 Å². The number of amides is 1. The molecular formula is C14H19ClN2O. The molecule has 4 heteroatoms. The Balaban J connectivity index is 2.68. The number of nitrogens with zero attached hydrogens (tertiary/aromatic N) is 1. The number of unbranched alkanes of at least 4 members (excludes halogenated alkanes) is 1. The molecule has 1 N–H and O–H groups in total. The molecule has 0 heterocycles. The minimum absolute atomic E-state index is 0.0372. The maximum absolute atomic E-state index is 11.5. The Labute approximate surface area is 113 Å². The monoisotopic (exact) mass is 266 g/mol. The van der Waals surface area contributed by atoms with E-state index in [9.17, 15) is 4.79 Å². The molecule has 0 aromatic heterocycles. The number of hydrogen-bond acceptors (Lipinski definition) is 2. The van der Waals surface area contributed by atoms with Crippen LogP contribution in [0.1, 0.15) is 45.1 Å². The predicted molar refractivity (Wildman–Crippen MR) is 75.9 cm³/mol. The molecule has 0 unspecified atom stereocenters. The Morgan fingerprint density at radius 3 is 2.78 bits per heavy atom. The normalized spacial score (nSPS) is 11.4. The zero-order chi connectivity index (χ0) is 13.4. The van der Waals surface area contributed by atoms with Crippen molar-refractivity contribution in [3.8, 4) is 0 Å². The molecule has 18 heavy (non-hydrogen) atoms.